The molecule has 0 unspecified atom stereocenters. The van der Waals surface area contributed by atoms with E-state index in [0.29, 0.717) is 23.2 Å². The van der Waals surface area contributed by atoms with E-state index in [-0.39, 0.29) is 11.1 Å². The number of aryl methyl sites for hydroxylation is 1. The van der Waals surface area contributed by atoms with E-state index in [0.717, 1.165) is 25.7 Å². The van der Waals surface area contributed by atoms with Gasteiger partial charge in [0.15, 0.2) is 0 Å². The van der Waals surface area contributed by atoms with Crippen molar-refractivity contribution in [1.29, 1.82) is 0 Å². The molecule has 20 heavy (non-hydrogen) atoms. The van der Waals surface area contributed by atoms with Gasteiger partial charge in [-0.25, -0.2) is 4.68 Å². The summed E-state index contributed by atoms with van der Waals surface area (Å²) in [5.41, 5.74) is 6.60. The number of nitrogens with one attached hydrogen (secondary N) is 1. The summed E-state index contributed by atoms with van der Waals surface area (Å²) in [5, 5.41) is 7.43. The summed E-state index contributed by atoms with van der Waals surface area (Å²) in [6.07, 6.45) is 5.44. The zero-order valence-electron chi connectivity index (χ0n) is 12.6. The van der Waals surface area contributed by atoms with E-state index in [4.69, 9.17) is 5.73 Å². The van der Waals surface area contributed by atoms with Gasteiger partial charge < -0.3 is 11.1 Å². The van der Waals surface area contributed by atoms with Crippen molar-refractivity contribution in [2.24, 2.45) is 5.73 Å². The minimum absolute atomic E-state index is 0.0981. The van der Waals surface area contributed by atoms with Crippen LogP contribution in [0.15, 0.2) is 15.5 Å². The summed E-state index contributed by atoms with van der Waals surface area (Å²) >= 11 is 3.36. The van der Waals surface area contributed by atoms with Gasteiger partial charge in [-0.2, -0.15) is 5.10 Å². The summed E-state index contributed by atoms with van der Waals surface area (Å²) in [5.74, 6) is 0. The standard InChI is InChI=1S/C14H25BrN4O/c1-4-7-8-19-13(20)12(15)11(9-18-19)17-10-14(16,5-2)6-3/h9,17H,4-8,10,16H2,1-3H3. The van der Waals surface area contributed by atoms with Crippen molar-refractivity contribution < 1.29 is 0 Å². The maximum absolute atomic E-state index is 12.1. The number of nitrogens with two attached hydrogens (primary N) is 1. The predicted molar refractivity (Wildman–Crippen MR) is 87.1 cm³/mol. The van der Waals surface area contributed by atoms with Crippen molar-refractivity contribution in [2.45, 2.75) is 58.5 Å². The molecule has 0 aliphatic heterocycles. The Hall–Kier alpha value is -0.880. The van der Waals surface area contributed by atoms with E-state index in [1.54, 1.807) is 6.20 Å². The molecule has 0 spiro atoms. The van der Waals surface area contributed by atoms with Crippen LogP contribution in [0.3, 0.4) is 0 Å². The quantitative estimate of drug-likeness (QED) is 0.760. The molecule has 0 saturated carbocycles. The lowest BCUT2D eigenvalue weighted by atomic mass is 9.94. The first kappa shape index (κ1) is 17.2. The van der Waals surface area contributed by atoms with Crippen LogP contribution in [0.2, 0.25) is 0 Å². The summed E-state index contributed by atoms with van der Waals surface area (Å²) in [4.78, 5) is 12.1. The van der Waals surface area contributed by atoms with Crippen molar-refractivity contribution >= 4 is 21.6 Å². The molecule has 6 heteroatoms. The molecule has 0 amide bonds. The van der Waals surface area contributed by atoms with Gasteiger partial charge in [-0.1, -0.05) is 27.2 Å². The highest BCUT2D eigenvalue weighted by atomic mass is 79.9. The number of hydrogen-bond donors (Lipinski definition) is 2. The molecular weight excluding hydrogens is 320 g/mol. The Balaban J connectivity index is 2.83. The van der Waals surface area contributed by atoms with Crippen molar-refractivity contribution in [3.05, 3.63) is 21.0 Å². The average Bonchev–Trinajstić information content (AvgIpc) is 2.47. The maximum Gasteiger partial charge on any atom is 0.283 e. The first-order valence-corrected chi connectivity index (χ1v) is 8.05. The fourth-order valence-corrected chi connectivity index (χ4v) is 2.27. The number of unbranched alkanes of at least 4 members (excludes halogenated alkanes) is 1. The molecule has 114 valence electrons. The first-order chi connectivity index (χ1) is 9.47. The molecular formula is C14H25BrN4O. The smallest absolute Gasteiger partial charge is 0.283 e. The molecule has 3 N–H and O–H groups in total. The Morgan fingerprint density at radius 3 is 2.60 bits per heavy atom. The van der Waals surface area contributed by atoms with Crippen LogP contribution in [0, 0.1) is 0 Å². The molecule has 0 saturated heterocycles. The van der Waals surface area contributed by atoms with Crippen LogP contribution >= 0.6 is 15.9 Å². The number of nitrogens with zero attached hydrogens (tertiary/aromatic N) is 2. The van der Waals surface area contributed by atoms with Gasteiger partial charge >= 0.3 is 0 Å². The van der Waals surface area contributed by atoms with Crippen LogP contribution in [-0.4, -0.2) is 21.9 Å². The fourth-order valence-electron chi connectivity index (χ4n) is 1.83. The lowest BCUT2D eigenvalue weighted by Crippen LogP contribution is -2.45. The van der Waals surface area contributed by atoms with Gasteiger partial charge in [0, 0.05) is 18.6 Å². The molecule has 0 radical (unpaired) electrons. The molecule has 0 atom stereocenters. The summed E-state index contributed by atoms with van der Waals surface area (Å²) < 4.78 is 2.02. The Morgan fingerprint density at radius 2 is 2.05 bits per heavy atom. The molecule has 0 aliphatic carbocycles. The van der Waals surface area contributed by atoms with E-state index in [2.05, 4.69) is 47.1 Å². The van der Waals surface area contributed by atoms with Gasteiger partial charge in [0.25, 0.3) is 5.56 Å². The monoisotopic (exact) mass is 344 g/mol. The number of anilines is 1. The van der Waals surface area contributed by atoms with Crippen molar-refractivity contribution in [3.63, 3.8) is 0 Å². The number of rotatable bonds is 8. The minimum atomic E-state index is -0.253. The number of halogens is 1. The van der Waals surface area contributed by atoms with Gasteiger partial charge in [0.1, 0.15) is 4.47 Å². The van der Waals surface area contributed by atoms with Gasteiger partial charge in [-0.3, -0.25) is 4.79 Å². The van der Waals surface area contributed by atoms with Crippen LogP contribution < -0.4 is 16.6 Å². The Bertz CT molecular complexity index is 483. The molecule has 0 aliphatic rings. The SMILES string of the molecule is CCCCn1ncc(NCC(N)(CC)CC)c(Br)c1=O. The van der Waals surface area contributed by atoms with Crippen molar-refractivity contribution in [3.8, 4) is 0 Å². The molecule has 1 aromatic rings. The Morgan fingerprint density at radius 1 is 1.40 bits per heavy atom. The zero-order chi connectivity index (χ0) is 15.2. The molecule has 0 fully saturated rings. The third-order valence-corrected chi connectivity index (χ3v) is 4.51. The third-order valence-electron chi connectivity index (χ3n) is 3.75. The second kappa shape index (κ2) is 7.78. The van der Waals surface area contributed by atoms with E-state index in [1.807, 2.05) is 0 Å². The van der Waals surface area contributed by atoms with Crippen LogP contribution in [0.5, 0.6) is 0 Å². The second-order valence-electron chi connectivity index (χ2n) is 5.18. The van der Waals surface area contributed by atoms with Crippen molar-refractivity contribution in [2.75, 3.05) is 11.9 Å². The van der Waals surface area contributed by atoms with Crippen LogP contribution in [0.4, 0.5) is 5.69 Å². The lowest BCUT2D eigenvalue weighted by Gasteiger charge is -2.27. The topological polar surface area (TPSA) is 72.9 Å². The van der Waals surface area contributed by atoms with Gasteiger partial charge in [-0.05, 0) is 35.2 Å². The summed E-state index contributed by atoms with van der Waals surface area (Å²) in [6, 6.07) is 0. The zero-order valence-corrected chi connectivity index (χ0v) is 14.2. The average molecular weight is 345 g/mol. The van der Waals surface area contributed by atoms with Crippen LogP contribution in [0.1, 0.15) is 46.5 Å². The van der Waals surface area contributed by atoms with Crippen LogP contribution in [0.25, 0.3) is 0 Å². The van der Waals surface area contributed by atoms with Gasteiger partial charge in [0.2, 0.25) is 0 Å². The molecule has 1 aromatic heterocycles. The summed E-state index contributed by atoms with van der Waals surface area (Å²) in [7, 11) is 0. The van der Waals surface area contributed by atoms with Gasteiger partial charge in [0.05, 0.1) is 11.9 Å². The molecule has 1 rings (SSSR count). The first-order valence-electron chi connectivity index (χ1n) is 7.25. The van der Waals surface area contributed by atoms with Crippen molar-refractivity contribution in [1.82, 2.24) is 9.78 Å². The molecule has 0 aromatic carbocycles. The Labute approximate surface area is 129 Å². The minimum Gasteiger partial charge on any atom is -0.381 e. The summed E-state index contributed by atoms with van der Waals surface area (Å²) in [6.45, 7) is 7.51. The van der Waals surface area contributed by atoms with E-state index in [1.165, 1.54) is 4.68 Å². The largest absolute Gasteiger partial charge is 0.381 e. The molecule has 1 heterocycles. The highest BCUT2D eigenvalue weighted by Crippen LogP contribution is 2.19. The highest BCUT2D eigenvalue weighted by molar-refractivity contribution is 9.10. The lowest BCUT2D eigenvalue weighted by molar-refractivity contribution is 0.418. The highest BCUT2D eigenvalue weighted by Gasteiger charge is 2.20. The normalized spacial score (nSPS) is 11.7. The van der Waals surface area contributed by atoms with Crippen LogP contribution in [-0.2, 0) is 6.54 Å². The second-order valence-corrected chi connectivity index (χ2v) is 5.97. The predicted octanol–water partition coefficient (Wildman–Crippen LogP) is 2.74. The third kappa shape index (κ3) is 4.31. The fraction of sp³-hybridized carbons (Fsp3) is 0.714. The Kier molecular flexibility index (Phi) is 6.68. The van der Waals surface area contributed by atoms with E-state index < -0.39 is 0 Å². The van der Waals surface area contributed by atoms with E-state index >= 15 is 0 Å². The molecule has 5 nitrogen and oxygen atoms in total. The van der Waals surface area contributed by atoms with Gasteiger partial charge in [-0.15, -0.1) is 0 Å². The van der Waals surface area contributed by atoms with E-state index in [9.17, 15) is 4.79 Å². The maximum atomic E-state index is 12.1. The number of aromatic nitrogens is 2. The number of hydrogen-bond acceptors (Lipinski definition) is 4. The molecule has 0 bridgehead atoms.